The Balaban J connectivity index is 4.22. The van der Waals surface area contributed by atoms with Crippen LogP contribution in [0.3, 0.4) is 0 Å². The van der Waals surface area contributed by atoms with E-state index in [4.69, 9.17) is 14.2 Å². The smallest absolute Gasteiger partial charge is 0.306 e. The molecule has 0 saturated heterocycles. The van der Waals surface area contributed by atoms with Crippen LogP contribution in [0.4, 0.5) is 0 Å². The second-order valence-electron chi connectivity index (χ2n) is 18.9. The molecule has 6 nitrogen and oxygen atoms in total. The van der Waals surface area contributed by atoms with E-state index in [1.165, 1.54) is 218 Å². The maximum atomic E-state index is 12.8. The SMILES string of the molecule is CCCCCCCCCCCCCCCCCCCCCC(=O)OC[C@H](COC(=O)CCCCCCCCCCCC)OC(=O)CCCCCCCCCCCCCCCC. The van der Waals surface area contributed by atoms with Crippen LogP contribution in [-0.4, -0.2) is 37.2 Å². The average molecular weight is 863 g/mol. The van der Waals surface area contributed by atoms with Gasteiger partial charge in [0.25, 0.3) is 0 Å². The number of hydrogen-bond donors (Lipinski definition) is 0. The molecule has 0 fully saturated rings. The number of hydrogen-bond acceptors (Lipinski definition) is 6. The van der Waals surface area contributed by atoms with Crippen LogP contribution in [0.5, 0.6) is 0 Å². The van der Waals surface area contributed by atoms with Crippen molar-refractivity contribution in [1.82, 2.24) is 0 Å². The van der Waals surface area contributed by atoms with E-state index in [1.807, 2.05) is 0 Å². The lowest BCUT2D eigenvalue weighted by atomic mass is 10.0. The van der Waals surface area contributed by atoms with Gasteiger partial charge in [0.2, 0.25) is 0 Å². The summed E-state index contributed by atoms with van der Waals surface area (Å²) in [6, 6.07) is 0. The lowest BCUT2D eigenvalue weighted by molar-refractivity contribution is -0.167. The molecule has 0 rings (SSSR count). The normalized spacial score (nSPS) is 11.9. The van der Waals surface area contributed by atoms with Crippen molar-refractivity contribution in [3.63, 3.8) is 0 Å². The molecule has 0 radical (unpaired) electrons. The Morgan fingerprint density at radius 3 is 0.656 bits per heavy atom. The van der Waals surface area contributed by atoms with E-state index in [-0.39, 0.29) is 31.1 Å². The number of unbranched alkanes of at least 4 members (excludes halogenated alkanes) is 40. The fourth-order valence-corrected chi connectivity index (χ4v) is 8.45. The topological polar surface area (TPSA) is 78.9 Å². The second kappa shape index (κ2) is 51.0. The Kier molecular flexibility index (Phi) is 49.7. The standard InChI is InChI=1S/C55H106O6/c1-4-7-10-13-16-19-22-24-26-27-28-29-30-32-33-36-39-42-45-48-54(57)60-51-52(50-59-53(56)47-44-41-38-35-21-18-15-12-9-6-3)61-55(58)49-46-43-40-37-34-31-25-23-20-17-14-11-8-5-2/h52H,4-51H2,1-3H3/t52-/m0/s1. The Labute approximate surface area is 380 Å². The lowest BCUT2D eigenvalue weighted by Gasteiger charge is -2.18. The van der Waals surface area contributed by atoms with Crippen LogP contribution in [0, 0.1) is 0 Å². The molecule has 0 aliphatic rings. The minimum absolute atomic E-state index is 0.0615. The molecular formula is C55H106O6. The molecule has 0 unspecified atom stereocenters. The third-order valence-electron chi connectivity index (χ3n) is 12.6. The molecular weight excluding hydrogens is 757 g/mol. The van der Waals surface area contributed by atoms with Crippen LogP contribution < -0.4 is 0 Å². The summed E-state index contributed by atoms with van der Waals surface area (Å²) in [5, 5.41) is 0. The summed E-state index contributed by atoms with van der Waals surface area (Å²) < 4.78 is 16.8. The number of rotatable bonds is 51. The fraction of sp³-hybridized carbons (Fsp3) is 0.945. The molecule has 0 saturated carbocycles. The van der Waals surface area contributed by atoms with Gasteiger partial charge in [-0.1, -0.05) is 278 Å². The molecule has 6 heteroatoms. The van der Waals surface area contributed by atoms with Crippen LogP contribution in [0.2, 0.25) is 0 Å². The zero-order valence-corrected chi connectivity index (χ0v) is 41.5. The van der Waals surface area contributed by atoms with Crippen molar-refractivity contribution in [2.75, 3.05) is 13.2 Å². The van der Waals surface area contributed by atoms with Gasteiger partial charge >= 0.3 is 17.9 Å². The van der Waals surface area contributed by atoms with Gasteiger partial charge in [0.05, 0.1) is 0 Å². The highest BCUT2D eigenvalue weighted by atomic mass is 16.6. The van der Waals surface area contributed by atoms with Gasteiger partial charge in [0.1, 0.15) is 13.2 Å². The molecule has 0 aromatic rings. The van der Waals surface area contributed by atoms with Crippen LogP contribution in [0.25, 0.3) is 0 Å². The Morgan fingerprint density at radius 2 is 0.443 bits per heavy atom. The zero-order valence-electron chi connectivity index (χ0n) is 41.5. The summed E-state index contributed by atoms with van der Waals surface area (Å²) in [7, 11) is 0. The zero-order chi connectivity index (χ0) is 44.4. The van der Waals surface area contributed by atoms with E-state index in [2.05, 4.69) is 20.8 Å². The summed E-state index contributed by atoms with van der Waals surface area (Å²) in [5.74, 6) is -0.839. The van der Waals surface area contributed by atoms with Crippen LogP contribution in [-0.2, 0) is 28.6 Å². The summed E-state index contributed by atoms with van der Waals surface area (Å²) in [6.07, 6.45) is 55.2. The van der Waals surface area contributed by atoms with E-state index in [1.54, 1.807) is 0 Å². The average Bonchev–Trinajstić information content (AvgIpc) is 3.26. The largest absolute Gasteiger partial charge is 0.462 e. The van der Waals surface area contributed by atoms with E-state index in [0.29, 0.717) is 19.3 Å². The monoisotopic (exact) mass is 863 g/mol. The lowest BCUT2D eigenvalue weighted by Crippen LogP contribution is -2.30. The van der Waals surface area contributed by atoms with Crippen molar-refractivity contribution in [3.05, 3.63) is 0 Å². The summed E-state index contributed by atoms with van der Waals surface area (Å²) in [6.45, 7) is 6.68. The highest BCUT2D eigenvalue weighted by Crippen LogP contribution is 2.17. The summed E-state index contributed by atoms with van der Waals surface area (Å²) >= 11 is 0. The molecule has 0 aromatic carbocycles. The van der Waals surface area contributed by atoms with Crippen LogP contribution in [0.1, 0.15) is 316 Å². The first-order valence-electron chi connectivity index (χ1n) is 27.5. The minimum Gasteiger partial charge on any atom is -0.462 e. The molecule has 0 N–H and O–H groups in total. The number of ether oxygens (including phenoxy) is 3. The second-order valence-corrected chi connectivity index (χ2v) is 18.9. The van der Waals surface area contributed by atoms with Gasteiger partial charge < -0.3 is 14.2 Å². The van der Waals surface area contributed by atoms with Crippen LogP contribution in [0.15, 0.2) is 0 Å². The highest BCUT2D eigenvalue weighted by Gasteiger charge is 2.19. The molecule has 1 atom stereocenters. The van der Waals surface area contributed by atoms with Crippen molar-refractivity contribution in [1.29, 1.82) is 0 Å². The van der Waals surface area contributed by atoms with Crippen molar-refractivity contribution < 1.29 is 28.6 Å². The number of carbonyl (C=O) groups is 3. The predicted octanol–water partition coefficient (Wildman–Crippen LogP) is 18.0. The Morgan fingerprint density at radius 1 is 0.262 bits per heavy atom. The van der Waals surface area contributed by atoms with E-state index >= 15 is 0 Å². The van der Waals surface area contributed by atoms with Crippen molar-refractivity contribution in [2.24, 2.45) is 0 Å². The van der Waals surface area contributed by atoms with E-state index < -0.39 is 6.10 Å². The van der Waals surface area contributed by atoms with Gasteiger partial charge in [0.15, 0.2) is 6.10 Å². The van der Waals surface area contributed by atoms with Crippen molar-refractivity contribution in [2.45, 2.75) is 322 Å². The molecule has 61 heavy (non-hydrogen) atoms. The van der Waals surface area contributed by atoms with Gasteiger partial charge in [-0.05, 0) is 19.3 Å². The van der Waals surface area contributed by atoms with E-state index in [0.717, 1.165) is 57.8 Å². The van der Waals surface area contributed by atoms with Gasteiger partial charge in [-0.15, -0.1) is 0 Å². The molecule has 0 heterocycles. The van der Waals surface area contributed by atoms with Crippen molar-refractivity contribution in [3.8, 4) is 0 Å². The van der Waals surface area contributed by atoms with E-state index in [9.17, 15) is 14.4 Å². The first kappa shape index (κ1) is 59.4. The predicted molar refractivity (Wildman–Crippen MR) is 261 cm³/mol. The summed E-state index contributed by atoms with van der Waals surface area (Å²) in [5.41, 5.74) is 0. The third kappa shape index (κ3) is 49.3. The molecule has 0 aromatic heterocycles. The van der Waals surface area contributed by atoms with Gasteiger partial charge in [-0.25, -0.2) is 0 Å². The number of esters is 3. The van der Waals surface area contributed by atoms with Gasteiger partial charge in [-0.3, -0.25) is 14.4 Å². The quantitative estimate of drug-likeness (QED) is 0.0344. The number of carbonyl (C=O) groups excluding carboxylic acids is 3. The van der Waals surface area contributed by atoms with Gasteiger partial charge in [0, 0.05) is 19.3 Å². The molecule has 0 aliphatic carbocycles. The van der Waals surface area contributed by atoms with Gasteiger partial charge in [-0.2, -0.15) is 0 Å². The molecule has 0 aliphatic heterocycles. The van der Waals surface area contributed by atoms with Crippen molar-refractivity contribution >= 4 is 17.9 Å². The maximum absolute atomic E-state index is 12.8. The highest BCUT2D eigenvalue weighted by molar-refractivity contribution is 5.71. The molecule has 362 valence electrons. The Hall–Kier alpha value is -1.59. The maximum Gasteiger partial charge on any atom is 0.306 e. The fourth-order valence-electron chi connectivity index (χ4n) is 8.45. The minimum atomic E-state index is -0.759. The van der Waals surface area contributed by atoms with Crippen LogP contribution >= 0.6 is 0 Å². The molecule has 0 bridgehead atoms. The molecule has 0 spiro atoms. The first-order valence-corrected chi connectivity index (χ1v) is 27.5. The first-order chi connectivity index (χ1) is 30.0. The third-order valence-corrected chi connectivity index (χ3v) is 12.6. The Bertz CT molecular complexity index is 905. The molecule has 0 amide bonds. The summed E-state index contributed by atoms with van der Waals surface area (Å²) in [4.78, 5) is 38.0.